The summed E-state index contributed by atoms with van der Waals surface area (Å²) in [5.74, 6) is 0.0202. The molecular formula is C5H11NO2. The maximum absolute atomic E-state index is 10.4. The Bertz CT molecular complexity index is 82.5. The van der Waals surface area contributed by atoms with Crippen molar-refractivity contribution in [1.29, 1.82) is 0 Å². The molecule has 0 aromatic rings. The van der Waals surface area contributed by atoms with Crippen LogP contribution in [0.4, 0.5) is 0 Å². The average Bonchev–Trinajstić information content (AvgIpc) is 1.67. The molecular weight excluding hydrogens is 106 g/mol. The van der Waals surface area contributed by atoms with Crippen LogP contribution in [0, 0.1) is 0 Å². The Labute approximate surface area is 49.2 Å². The molecule has 0 rings (SSSR count). The highest BCUT2D eigenvalue weighted by molar-refractivity contribution is 5.72. The molecule has 3 nitrogen and oxygen atoms in total. The van der Waals surface area contributed by atoms with Crippen LogP contribution >= 0.6 is 0 Å². The first-order valence-corrected chi connectivity index (χ1v) is 2.39. The summed E-state index contributed by atoms with van der Waals surface area (Å²) in [4.78, 5) is 11.9. The summed E-state index contributed by atoms with van der Waals surface area (Å²) in [7, 11) is 3.24. The SMILES string of the molecule is COCN(C)C(C)=O. The Kier molecular flexibility index (Phi) is 3.19. The first-order chi connectivity index (χ1) is 3.68. The normalized spacial score (nSPS) is 8.88. The minimum absolute atomic E-state index is 0.0202. The number of carbonyl (C=O) groups is 1. The van der Waals surface area contributed by atoms with Crippen LogP contribution < -0.4 is 0 Å². The van der Waals surface area contributed by atoms with E-state index in [1.54, 1.807) is 14.2 Å². The number of hydrogen-bond donors (Lipinski definition) is 0. The lowest BCUT2D eigenvalue weighted by atomic mass is 10.6. The first-order valence-electron chi connectivity index (χ1n) is 2.39. The molecule has 0 spiro atoms. The second kappa shape index (κ2) is 3.43. The lowest BCUT2D eigenvalue weighted by molar-refractivity contribution is -0.131. The fourth-order valence-electron chi connectivity index (χ4n) is 0.285. The lowest BCUT2D eigenvalue weighted by Gasteiger charge is -2.11. The molecule has 0 heterocycles. The van der Waals surface area contributed by atoms with Gasteiger partial charge < -0.3 is 9.64 Å². The first kappa shape index (κ1) is 7.43. The number of hydrogen-bond acceptors (Lipinski definition) is 2. The Balaban J connectivity index is 3.32. The Morgan fingerprint density at radius 2 is 2.25 bits per heavy atom. The molecule has 8 heavy (non-hydrogen) atoms. The summed E-state index contributed by atoms with van der Waals surface area (Å²) in [5, 5.41) is 0. The number of ether oxygens (including phenoxy) is 1. The van der Waals surface area contributed by atoms with Gasteiger partial charge in [0.2, 0.25) is 5.91 Å². The average molecular weight is 117 g/mol. The van der Waals surface area contributed by atoms with E-state index >= 15 is 0 Å². The van der Waals surface area contributed by atoms with Crippen LogP contribution in [-0.4, -0.2) is 31.7 Å². The summed E-state index contributed by atoms with van der Waals surface area (Å²) in [6, 6.07) is 0. The maximum Gasteiger partial charge on any atom is 0.220 e. The summed E-state index contributed by atoms with van der Waals surface area (Å²) < 4.78 is 4.67. The Hall–Kier alpha value is -0.570. The Morgan fingerprint density at radius 1 is 1.75 bits per heavy atom. The predicted octanol–water partition coefficient (Wildman–Crippen LogP) is 0.0686. The summed E-state index contributed by atoms with van der Waals surface area (Å²) >= 11 is 0. The van der Waals surface area contributed by atoms with E-state index in [4.69, 9.17) is 0 Å². The molecule has 0 aliphatic carbocycles. The zero-order chi connectivity index (χ0) is 6.57. The van der Waals surface area contributed by atoms with E-state index in [1.165, 1.54) is 11.8 Å². The van der Waals surface area contributed by atoms with E-state index in [-0.39, 0.29) is 5.91 Å². The van der Waals surface area contributed by atoms with Crippen LogP contribution in [0.1, 0.15) is 6.92 Å². The van der Waals surface area contributed by atoms with Gasteiger partial charge in [0, 0.05) is 21.1 Å². The van der Waals surface area contributed by atoms with E-state index in [2.05, 4.69) is 4.74 Å². The monoisotopic (exact) mass is 117 g/mol. The molecule has 3 heteroatoms. The molecule has 0 bridgehead atoms. The number of rotatable bonds is 2. The zero-order valence-electron chi connectivity index (χ0n) is 5.47. The molecule has 0 N–H and O–H groups in total. The van der Waals surface area contributed by atoms with E-state index in [9.17, 15) is 4.79 Å². The third-order valence-electron chi connectivity index (χ3n) is 0.860. The highest BCUT2D eigenvalue weighted by Crippen LogP contribution is 1.80. The van der Waals surface area contributed by atoms with Gasteiger partial charge in [0.05, 0.1) is 0 Å². The van der Waals surface area contributed by atoms with Crippen LogP contribution in [-0.2, 0) is 9.53 Å². The Morgan fingerprint density at radius 3 is 2.38 bits per heavy atom. The quantitative estimate of drug-likeness (QED) is 0.479. The van der Waals surface area contributed by atoms with Crippen molar-refractivity contribution in [2.24, 2.45) is 0 Å². The summed E-state index contributed by atoms with van der Waals surface area (Å²) in [6.45, 7) is 1.87. The van der Waals surface area contributed by atoms with Gasteiger partial charge in [-0.3, -0.25) is 4.79 Å². The number of nitrogens with zero attached hydrogens (tertiary/aromatic N) is 1. The molecule has 1 amide bonds. The number of amides is 1. The van der Waals surface area contributed by atoms with Crippen molar-refractivity contribution >= 4 is 5.91 Å². The van der Waals surface area contributed by atoms with E-state index < -0.39 is 0 Å². The van der Waals surface area contributed by atoms with Crippen molar-refractivity contribution in [1.82, 2.24) is 4.90 Å². The van der Waals surface area contributed by atoms with Crippen molar-refractivity contribution in [3.8, 4) is 0 Å². The molecule has 0 aliphatic rings. The van der Waals surface area contributed by atoms with Crippen LogP contribution in [0.15, 0.2) is 0 Å². The van der Waals surface area contributed by atoms with Crippen LogP contribution in [0.5, 0.6) is 0 Å². The van der Waals surface area contributed by atoms with Gasteiger partial charge in [0.25, 0.3) is 0 Å². The number of methoxy groups -OCH3 is 1. The molecule has 0 aromatic carbocycles. The molecule has 0 saturated carbocycles. The van der Waals surface area contributed by atoms with Crippen molar-refractivity contribution in [3.63, 3.8) is 0 Å². The van der Waals surface area contributed by atoms with Gasteiger partial charge in [-0.15, -0.1) is 0 Å². The standard InChI is InChI=1S/C5H11NO2/c1-5(7)6(2)4-8-3/h4H2,1-3H3. The maximum atomic E-state index is 10.4. The predicted molar refractivity (Wildman–Crippen MR) is 30.3 cm³/mol. The minimum atomic E-state index is 0.0202. The van der Waals surface area contributed by atoms with Crippen LogP contribution in [0.25, 0.3) is 0 Å². The molecule has 0 radical (unpaired) electrons. The van der Waals surface area contributed by atoms with Crippen molar-refractivity contribution < 1.29 is 9.53 Å². The zero-order valence-corrected chi connectivity index (χ0v) is 5.47. The van der Waals surface area contributed by atoms with Crippen LogP contribution in [0.3, 0.4) is 0 Å². The molecule has 0 saturated heterocycles. The molecule has 0 atom stereocenters. The van der Waals surface area contributed by atoms with E-state index in [0.29, 0.717) is 6.73 Å². The van der Waals surface area contributed by atoms with Gasteiger partial charge in [0.15, 0.2) is 0 Å². The summed E-state index contributed by atoms with van der Waals surface area (Å²) in [5.41, 5.74) is 0. The second-order valence-corrected chi connectivity index (χ2v) is 1.63. The smallest absolute Gasteiger partial charge is 0.220 e. The van der Waals surface area contributed by atoms with Crippen molar-refractivity contribution in [3.05, 3.63) is 0 Å². The van der Waals surface area contributed by atoms with Gasteiger partial charge in [-0.1, -0.05) is 0 Å². The fourth-order valence-corrected chi connectivity index (χ4v) is 0.285. The van der Waals surface area contributed by atoms with E-state index in [0.717, 1.165) is 0 Å². The third-order valence-corrected chi connectivity index (χ3v) is 0.860. The molecule has 0 fully saturated rings. The summed E-state index contributed by atoms with van der Waals surface area (Å²) in [6.07, 6.45) is 0. The van der Waals surface area contributed by atoms with Crippen molar-refractivity contribution in [2.75, 3.05) is 20.9 Å². The minimum Gasteiger partial charge on any atom is -0.364 e. The largest absolute Gasteiger partial charge is 0.364 e. The van der Waals surface area contributed by atoms with Gasteiger partial charge in [-0.25, -0.2) is 0 Å². The van der Waals surface area contributed by atoms with Gasteiger partial charge in [0.1, 0.15) is 6.73 Å². The molecule has 0 unspecified atom stereocenters. The second-order valence-electron chi connectivity index (χ2n) is 1.63. The highest BCUT2D eigenvalue weighted by atomic mass is 16.5. The highest BCUT2D eigenvalue weighted by Gasteiger charge is 1.97. The molecule has 0 aromatic heterocycles. The third kappa shape index (κ3) is 2.58. The lowest BCUT2D eigenvalue weighted by Crippen LogP contribution is -2.25. The van der Waals surface area contributed by atoms with Crippen LogP contribution in [0.2, 0.25) is 0 Å². The molecule has 48 valence electrons. The number of carbonyl (C=O) groups excluding carboxylic acids is 1. The van der Waals surface area contributed by atoms with Crippen molar-refractivity contribution in [2.45, 2.75) is 6.92 Å². The fraction of sp³-hybridized carbons (Fsp3) is 0.800. The van der Waals surface area contributed by atoms with Gasteiger partial charge in [-0.05, 0) is 0 Å². The topological polar surface area (TPSA) is 29.5 Å². The van der Waals surface area contributed by atoms with Gasteiger partial charge in [-0.2, -0.15) is 0 Å². The molecule has 0 aliphatic heterocycles. The van der Waals surface area contributed by atoms with Gasteiger partial charge >= 0.3 is 0 Å². The van der Waals surface area contributed by atoms with E-state index in [1.807, 2.05) is 0 Å².